The Hall–Kier alpha value is -1.23. The highest BCUT2D eigenvalue weighted by atomic mass is 16.8. The van der Waals surface area contributed by atoms with E-state index in [2.05, 4.69) is 0 Å². The third kappa shape index (κ3) is 3.27. The van der Waals surface area contributed by atoms with Crippen molar-refractivity contribution in [2.75, 3.05) is 6.61 Å². The minimum atomic E-state index is -1.54. The molecule has 9 heteroatoms. The van der Waals surface area contributed by atoms with Gasteiger partial charge in [0.05, 0.1) is 18.4 Å². The number of aliphatic carboxylic acids is 1. The quantitative estimate of drug-likeness (QED) is 0.417. The van der Waals surface area contributed by atoms with Gasteiger partial charge in [-0.15, -0.1) is 0 Å². The van der Waals surface area contributed by atoms with Gasteiger partial charge in [-0.1, -0.05) is 6.92 Å². The summed E-state index contributed by atoms with van der Waals surface area (Å²) in [5, 5.41) is 48.3. The molecule has 0 aromatic rings. The van der Waals surface area contributed by atoms with Crippen LogP contribution in [0.15, 0.2) is 11.8 Å². The molecular weight excluding hydrogens is 336 g/mol. The van der Waals surface area contributed by atoms with E-state index in [4.69, 9.17) is 14.2 Å². The molecular formula is C16H24O9. The van der Waals surface area contributed by atoms with E-state index in [1.54, 1.807) is 0 Å². The maximum atomic E-state index is 11.4. The van der Waals surface area contributed by atoms with Crippen LogP contribution in [0.2, 0.25) is 0 Å². The summed E-state index contributed by atoms with van der Waals surface area (Å²) >= 11 is 0. The number of aliphatic hydroxyl groups excluding tert-OH is 4. The topological polar surface area (TPSA) is 146 Å². The lowest BCUT2D eigenvalue weighted by Crippen LogP contribution is -2.60. The first kappa shape index (κ1) is 18.6. The molecule has 25 heavy (non-hydrogen) atoms. The predicted octanol–water partition coefficient (Wildman–Crippen LogP) is -1.21. The lowest BCUT2D eigenvalue weighted by atomic mass is 9.83. The monoisotopic (exact) mass is 360 g/mol. The van der Waals surface area contributed by atoms with Crippen molar-refractivity contribution in [3.05, 3.63) is 11.8 Å². The van der Waals surface area contributed by atoms with Crippen molar-refractivity contribution < 1.29 is 44.5 Å². The van der Waals surface area contributed by atoms with Gasteiger partial charge in [0.1, 0.15) is 24.4 Å². The van der Waals surface area contributed by atoms with E-state index in [0.717, 1.165) is 12.7 Å². The summed E-state index contributed by atoms with van der Waals surface area (Å²) in [6, 6.07) is 0. The fourth-order valence-corrected chi connectivity index (χ4v) is 4.01. The van der Waals surface area contributed by atoms with Crippen molar-refractivity contribution in [1.82, 2.24) is 0 Å². The second kappa shape index (κ2) is 7.18. The molecule has 1 aliphatic carbocycles. The molecule has 0 spiro atoms. The van der Waals surface area contributed by atoms with E-state index < -0.39 is 49.6 Å². The summed E-state index contributed by atoms with van der Waals surface area (Å²) in [6.45, 7) is 1.42. The first-order chi connectivity index (χ1) is 11.8. The summed E-state index contributed by atoms with van der Waals surface area (Å²) < 4.78 is 16.5. The van der Waals surface area contributed by atoms with Gasteiger partial charge >= 0.3 is 5.97 Å². The van der Waals surface area contributed by atoms with Crippen molar-refractivity contribution in [2.45, 2.75) is 56.8 Å². The highest BCUT2D eigenvalue weighted by molar-refractivity contribution is 5.87. The Bertz CT molecular complexity index is 534. The number of carboxylic acid groups (broad SMARTS) is 1. The smallest absolute Gasteiger partial charge is 0.334 e. The van der Waals surface area contributed by atoms with E-state index in [0.29, 0.717) is 6.42 Å². The van der Waals surface area contributed by atoms with Crippen LogP contribution in [0.25, 0.3) is 0 Å². The minimum absolute atomic E-state index is 0.142. The number of carboxylic acids is 1. The van der Waals surface area contributed by atoms with E-state index in [-0.39, 0.29) is 23.3 Å². The van der Waals surface area contributed by atoms with Crippen molar-refractivity contribution in [3.63, 3.8) is 0 Å². The number of fused-ring (bicyclic) bond motifs is 1. The van der Waals surface area contributed by atoms with Crippen molar-refractivity contribution >= 4 is 5.97 Å². The van der Waals surface area contributed by atoms with Crippen LogP contribution < -0.4 is 0 Å². The molecule has 0 radical (unpaired) electrons. The molecule has 1 saturated carbocycles. The predicted molar refractivity (Wildman–Crippen MR) is 80.8 cm³/mol. The number of carbonyl (C=O) groups is 1. The highest BCUT2D eigenvalue weighted by Crippen LogP contribution is 2.47. The standard InChI is InChI=1S/C16H24O9/c1-6-2-3-7-8(14(21)22)5-23-15(10(6)7)25-16-13(20)12(19)11(18)9(4-17)24-16/h5-7,9-13,15-20H,2-4H2,1H3,(H,21,22)/t6-,7+,9+,10+,11+,12-,13+,15+,16-/m0/s1. The number of rotatable bonds is 4. The molecule has 0 amide bonds. The van der Waals surface area contributed by atoms with Crippen LogP contribution in [0, 0.1) is 17.8 Å². The third-order valence-corrected chi connectivity index (χ3v) is 5.46. The van der Waals surface area contributed by atoms with Gasteiger partial charge < -0.3 is 39.7 Å². The zero-order chi connectivity index (χ0) is 18.3. The normalized spacial score (nSPS) is 46.9. The number of aliphatic hydroxyl groups is 4. The summed E-state index contributed by atoms with van der Waals surface area (Å²) in [5.74, 6) is -1.35. The fraction of sp³-hybridized carbons (Fsp3) is 0.812. The Morgan fingerprint density at radius 1 is 1.20 bits per heavy atom. The second-order valence-corrected chi connectivity index (χ2v) is 6.95. The SMILES string of the molecule is C[C@H]1CC[C@@H]2C(C(=O)O)=CO[C@H](O[C@@H]3O[C@H](CO)[C@@H](O)[C@H](O)[C@H]3O)[C@@H]21. The van der Waals surface area contributed by atoms with Crippen molar-refractivity contribution in [2.24, 2.45) is 17.8 Å². The molecule has 3 rings (SSSR count). The molecule has 9 nitrogen and oxygen atoms in total. The number of hydrogen-bond donors (Lipinski definition) is 5. The van der Waals surface area contributed by atoms with Gasteiger partial charge in [0.25, 0.3) is 0 Å². The van der Waals surface area contributed by atoms with E-state index in [1.165, 1.54) is 0 Å². The average Bonchev–Trinajstić information content (AvgIpc) is 2.97. The number of hydrogen-bond acceptors (Lipinski definition) is 8. The molecule has 0 aromatic heterocycles. The first-order valence-electron chi connectivity index (χ1n) is 8.40. The largest absolute Gasteiger partial charge is 0.478 e. The van der Waals surface area contributed by atoms with Crippen LogP contribution >= 0.6 is 0 Å². The van der Waals surface area contributed by atoms with Crippen LogP contribution in [0.5, 0.6) is 0 Å². The van der Waals surface area contributed by atoms with Gasteiger partial charge in [0.15, 0.2) is 6.29 Å². The Labute approximate surface area is 144 Å². The first-order valence-corrected chi connectivity index (χ1v) is 8.40. The van der Waals surface area contributed by atoms with Crippen molar-refractivity contribution in [3.8, 4) is 0 Å². The zero-order valence-corrected chi connectivity index (χ0v) is 13.8. The lowest BCUT2D eigenvalue weighted by molar-refractivity contribution is -0.342. The molecule has 0 bridgehead atoms. The average molecular weight is 360 g/mol. The summed E-state index contributed by atoms with van der Waals surface area (Å²) in [7, 11) is 0. The summed E-state index contributed by atoms with van der Waals surface area (Å²) in [4.78, 5) is 11.4. The second-order valence-electron chi connectivity index (χ2n) is 6.95. The van der Waals surface area contributed by atoms with Crippen LogP contribution in [0.3, 0.4) is 0 Å². The Morgan fingerprint density at radius 2 is 1.92 bits per heavy atom. The molecule has 0 aromatic carbocycles. The van der Waals surface area contributed by atoms with Gasteiger partial charge in [-0.2, -0.15) is 0 Å². The Balaban J connectivity index is 1.77. The van der Waals surface area contributed by atoms with Gasteiger partial charge in [-0.05, 0) is 18.8 Å². The Morgan fingerprint density at radius 3 is 2.56 bits per heavy atom. The molecule has 2 aliphatic heterocycles. The Kier molecular flexibility index (Phi) is 5.33. The van der Waals surface area contributed by atoms with E-state index in [9.17, 15) is 30.3 Å². The molecule has 9 atom stereocenters. The van der Waals surface area contributed by atoms with Crippen molar-refractivity contribution in [1.29, 1.82) is 0 Å². The molecule has 3 aliphatic rings. The maximum absolute atomic E-state index is 11.4. The van der Waals surface area contributed by atoms with E-state index in [1.807, 2.05) is 6.92 Å². The summed E-state index contributed by atoms with van der Waals surface area (Å²) in [5.41, 5.74) is 0.197. The molecule has 1 saturated heterocycles. The van der Waals surface area contributed by atoms with Crippen LogP contribution in [0.4, 0.5) is 0 Å². The lowest BCUT2D eigenvalue weighted by Gasteiger charge is -2.43. The molecule has 5 N–H and O–H groups in total. The molecule has 142 valence electrons. The third-order valence-electron chi connectivity index (χ3n) is 5.46. The zero-order valence-electron chi connectivity index (χ0n) is 13.8. The van der Waals surface area contributed by atoms with Gasteiger partial charge in [0, 0.05) is 11.8 Å². The van der Waals surface area contributed by atoms with Crippen LogP contribution in [-0.4, -0.2) is 75.1 Å². The van der Waals surface area contributed by atoms with Gasteiger partial charge in [-0.25, -0.2) is 4.79 Å². The van der Waals surface area contributed by atoms with Gasteiger partial charge in [-0.3, -0.25) is 0 Å². The van der Waals surface area contributed by atoms with E-state index >= 15 is 0 Å². The molecule has 2 heterocycles. The fourth-order valence-electron chi connectivity index (χ4n) is 4.01. The molecule has 2 fully saturated rings. The molecule has 0 unspecified atom stereocenters. The minimum Gasteiger partial charge on any atom is -0.478 e. The van der Waals surface area contributed by atoms with Crippen LogP contribution in [-0.2, 0) is 19.0 Å². The van der Waals surface area contributed by atoms with Crippen LogP contribution in [0.1, 0.15) is 19.8 Å². The summed E-state index contributed by atoms with van der Waals surface area (Å²) in [6.07, 6.45) is -5.10. The highest BCUT2D eigenvalue weighted by Gasteiger charge is 2.50. The number of ether oxygens (including phenoxy) is 3. The maximum Gasteiger partial charge on any atom is 0.334 e. The van der Waals surface area contributed by atoms with Gasteiger partial charge in [0.2, 0.25) is 6.29 Å².